The molecule has 1 N–H and O–H groups in total. The lowest BCUT2D eigenvalue weighted by Crippen LogP contribution is -2.20. The van der Waals surface area contributed by atoms with Gasteiger partial charge in [-0.2, -0.15) is 0 Å². The molecule has 0 spiro atoms. The summed E-state index contributed by atoms with van der Waals surface area (Å²) >= 11 is 1.44. The van der Waals surface area contributed by atoms with Crippen molar-refractivity contribution in [3.63, 3.8) is 0 Å². The van der Waals surface area contributed by atoms with Gasteiger partial charge in [-0.25, -0.2) is 4.98 Å². The summed E-state index contributed by atoms with van der Waals surface area (Å²) in [6, 6.07) is 13.6. The minimum atomic E-state index is -0.187. The maximum absolute atomic E-state index is 12.7. The number of aromatic nitrogens is 1. The fourth-order valence-electron chi connectivity index (χ4n) is 2.97. The van der Waals surface area contributed by atoms with Gasteiger partial charge in [-0.3, -0.25) is 4.79 Å². The molecule has 0 saturated carbocycles. The van der Waals surface area contributed by atoms with Gasteiger partial charge < -0.3 is 14.8 Å². The lowest BCUT2D eigenvalue weighted by atomic mass is 9.96. The number of carbonyl (C=O) groups is 1. The van der Waals surface area contributed by atoms with Crippen LogP contribution in [0.1, 0.15) is 24.8 Å². The summed E-state index contributed by atoms with van der Waals surface area (Å²) in [6.45, 7) is 3.11. The summed E-state index contributed by atoms with van der Waals surface area (Å²) in [5, 5.41) is 3.55. The van der Waals surface area contributed by atoms with Crippen LogP contribution in [-0.4, -0.2) is 24.1 Å². The van der Waals surface area contributed by atoms with Gasteiger partial charge in [-0.05, 0) is 12.0 Å². The van der Waals surface area contributed by atoms with Crippen LogP contribution < -0.4 is 14.8 Å². The quantitative estimate of drug-likeness (QED) is 0.763. The highest BCUT2D eigenvalue weighted by atomic mass is 32.1. The molecule has 2 aromatic carbocycles. The van der Waals surface area contributed by atoms with Crippen LogP contribution in [0.25, 0.3) is 10.2 Å². The number of benzene rings is 2. The second kappa shape index (κ2) is 6.72. The Kier molecular flexibility index (Phi) is 4.28. The van der Waals surface area contributed by atoms with Crippen LogP contribution in [0, 0.1) is 0 Å². The van der Waals surface area contributed by atoms with Crippen LogP contribution in [0.5, 0.6) is 11.5 Å². The van der Waals surface area contributed by atoms with Crippen molar-refractivity contribution in [2.75, 3.05) is 18.5 Å². The first-order valence-corrected chi connectivity index (χ1v) is 9.12. The molecule has 4 rings (SSSR count). The van der Waals surface area contributed by atoms with Crippen molar-refractivity contribution in [1.82, 2.24) is 4.98 Å². The number of hydrogen-bond acceptors (Lipinski definition) is 5. The van der Waals surface area contributed by atoms with E-state index in [1.165, 1.54) is 11.3 Å². The van der Waals surface area contributed by atoms with Gasteiger partial charge >= 0.3 is 0 Å². The SMILES string of the molecule is CCC(C(=O)Nc1nc2cc3c(cc2s1)OCCO3)c1ccccc1. The second-order valence-corrected chi connectivity index (χ2v) is 6.87. The van der Waals surface area contributed by atoms with Crippen LogP contribution in [0.2, 0.25) is 0 Å². The van der Waals surface area contributed by atoms with Crippen LogP contribution in [0.3, 0.4) is 0 Å². The molecule has 1 unspecified atom stereocenters. The molecular weight excluding hydrogens is 336 g/mol. The minimum Gasteiger partial charge on any atom is -0.486 e. The van der Waals surface area contributed by atoms with E-state index in [4.69, 9.17) is 9.47 Å². The Bertz CT molecular complexity index is 865. The summed E-state index contributed by atoms with van der Waals surface area (Å²) in [5.41, 5.74) is 1.82. The van der Waals surface area contributed by atoms with Crippen LogP contribution >= 0.6 is 11.3 Å². The monoisotopic (exact) mass is 354 g/mol. The third kappa shape index (κ3) is 3.17. The fraction of sp³-hybridized carbons (Fsp3) is 0.263. The molecule has 0 radical (unpaired) electrons. The van der Waals surface area contributed by atoms with Crippen molar-refractivity contribution in [3.05, 3.63) is 48.0 Å². The number of nitrogens with one attached hydrogen (secondary N) is 1. The molecule has 3 aromatic rings. The summed E-state index contributed by atoms with van der Waals surface area (Å²) < 4.78 is 12.2. The zero-order valence-corrected chi connectivity index (χ0v) is 14.6. The van der Waals surface area contributed by atoms with Gasteiger partial charge in [0.25, 0.3) is 0 Å². The molecule has 1 atom stereocenters. The van der Waals surface area contributed by atoms with E-state index in [-0.39, 0.29) is 11.8 Å². The van der Waals surface area contributed by atoms with E-state index >= 15 is 0 Å². The molecule has 0 saturated heterocycles. The Morgan fingerprint density at radius 3 is 2.64 bits per heavy atom. The highest BCUT2D eigenvalue weighted by Crippen LogP contribution is 2.38. The van der Waals surface area contributed by atoms with Gasteiger partial charge in [0.1, 0.15) is 13.2 Å². The number of hydrogen-bond donors (Lipinski definition) is 1. The largest absolute Gasteiger partial charge is 0.486 e. The molecule has 1 amide bonds. The first-order chi connectivity index (χ1) is 12.2. The van der Waals surface area contributed by atoms with E-state index in [1.54, 1.807) is 0 Å². The summed E-state index contributed by atoms with van der Waals surface area (Å²) in [7, 11) is 0. The maximum atomic E-state index is 12.7. The highest BCUT2D eigenvalue weighted by molar-refractivity contribution is 7.22. The van der Waals surface area contributed by atoms with Crippen molar-refractivity contribution >= 4 is 32.6 Å². The van der Waals surface area contributed by atoms with Crippen LogP contribution in [0.15, 0.2) is 42.5 Å². The zero-order chi connectivity index (χ0) is 17.2. The van der Waals surface area contributed by atoms with Gasteiger partial charge in [0.2, 0.25) is 5.91 Å². The van der Waals surface area contributed by atoms with E-state index in [0.717, 1.165) is 28.0 Å². The van der Waals surface area contributed by atoms with E-state index < -0.39 is 0 Å². The Balaban J connectivity index is 1.58. The molecule has 0 bridgehead atoms. The Labute approximate surface area is 149 Å². The maximum Gasteiger partial charge on any atom is 0.233 e. The number of anilines is 1. The predicted octanol–water partition coefficient (Wildman–Crippen LogP) is 4.20. The second-order valence-electron chi connectivity index (χ2n) is 5.84. The number of rotatable bonds is 4. The number of ether oxygens (including phenoxy) is 2. The van der Waals surface area contributed by atoms with E-state index in [2.05, 4.69) is 10.3 Å². The average molecular weight is 354 g/mol. The number of thiazole rings is 1. The number of nitrogens with zero attached hydrogens (tertiary/aromatic N) is 1. The highest BCUT2D eigenvalue weighted by Gasteiger charge is 2.21. The molecular formula is C19H18N2O3S. The number of carbonyl (C=O) groups excluding carboxylic acids is 1. The van der Waals surface area contributed by atoms with Gasteiger partial charge in [0.15, 0.2) is 16.6 Å². The molecule has 0 fully saturated rings. The summed E-state index contributed by atoms with van der Waals surface area (Å²) in [5.74, 6) is 1.21. The van der Waals surface area contributed by atoms with Gasteiger partial charge in [0, 0.05) is 12.1 Å². The molecule has 5 nitrogen and oxygen atoms in total. The lowest BCUT2D eigenvalue weighted by Gasteiger charge is -2.17. The smallest absolute Gasteiger partial charge is 0.233 e. The van der Waals surface area contributed by atoms with E-state index in [1.807, 2.05) is 49.4 Å². The zero-order valence-electron chi connectivity index (χ0n) is 13.8. The molecule has 2 heterocycles. The topological polar surface area (TPSA) is 60.5 Å². The van der Waals surface area contributed by atoms with E-state index in [9.17, 15) is 4.79 Å². The summed E-state index contributed by atoms with van der Waals surface area (Å²) in [4.78, 5) is 17.2. The van der Waals surface area contributed by atoms with Crippen molar-refractivity contribution < 1.29 is 14.3 Å². The molecule has 6 heteroatoms. The minimum absolute atomic E-state index is 0.0370. The normalized spacial score (nSPS) is 14.3. The lowest BCUT2D eigenvalue weighted by molar-refractivity contribution is -0.117. The predicted molar refractivity (Wildman–Crippen MR) is 98.7 cm³/mol. The first-order valence-electron chi connectivity index (χ1n) is 8.30. The molecule has 128 valence electrons. The van der Waals surface area contributed by atoms with Crippen molar-refractivity contribution in [3.8, 4) is 11.5 Å². The Hall–Kier alpha value is -2.60. The van der Waals surface area contributed by atoms with Crippen molar-refractivity contribution in [2.45, 2.75) is 19.3 Å². The molecule has 1 aromatic heterocycles. The molecule has 0 aliphatic carbocycles. The Morgan fingerprint density at radius 1 is 1.20 bits per heavy atom. The van der Waals surface area contributed by atoms with Crippen LogP contribution in [0.4, 0.5) is 5.13 Å². The van der Waals surface area contributed by atoms with Gasteiger partial charge in [0.05, 0.1) is 16.1 Å². The molecule has 25 heavy (non-hydrogen) atoms. The fourth-order valence-corrected chi connectivity index (χ4v) is 3.85. The number of fused-ring (bicyclic) bond motifs is 2. The number of amides is 1. The molecule has 1 aliphatic heterocycles. The standard InChI is InChI=1S/C19H18N2O3S/c1-2-13(12-6-4-3-5-7-12)18(22)21-19-20-14-10-15-16(11-17(14)25-19)24-9-8-23-15/h3-7,10-11,13H,2,8-9H2,1H3,(H,20,21,22). The van der Waals surface area contributed by atoms with E-state index in [0.29, 0.717) is 24.1 Å². The van der Waals surface area contributed by atoms with Crippen molar-refractivity contribution in [1.29, 1.82) is 0 Å². The first kappa shape index (κ1) is 15.9. The third-order valence-electron chi connectivity index (χ3n) is 4.21. The van der Waals surface area contributed by atoms with Gasteiger partial charge in [-0.15, -0.1) is 0 Å². The Morgan fingerprint density at radius 2 is 1.92 bits per heavy atom. The molecule has 1 aliphatic rings. The third-order valence-corrected chi connectivity index (χ3v) is 5.14. The average Bonchev–Trinajstić information content (AvgIpc) is 3.02. The van der Waals surface area contributed by atoms with Gasteiger partial charge in [-0.1, -0.05) is 48.6 Å². The van der Waals surface area contributed by atoms with Crippen LogP contribution in [-0.2, 0) is 4.79 Å². The summed E-state index contributed by atoms with van der Waals surface area (Å²) in [6.07, 6.45) is 0.733. The van der Waals surface area contributed by atoms with Crippen molar-refractivity contribution in [2.24, 2.45) is 0 Å².